The molecule has 4 rings (SSSR count). The second kappa shape index (κ2) is 27.2. The van der Waals surface area contributed by atoms with E-state index >= 15 is 0 Å². The minimum atomic E-state index is -4.84. The summed E-state index contributed by atoms with van der Waals surface area (Å²) in [6.07, 6.45) is 2.37. The third-order valence-corrected chi connectivity index (χ3v) is 14.7. The van der Waals surface area contributed by atoms with E-state index in [0.717, 1.165) is 21.8 Å². The van der Waals surface area contributed by atoms with Crippen molar-refractivity contribution in [3.8, 4) is 0 Å². The lowest BCUT2D eigenvalue weighted by Gasteiger charge is -2.37. The summed E-state index contributed by atoms with van der Waals surface area (Å²) < 4.78 is 35.8. The number of carboxylic acids is 3. The molecule has 75 heavy (non-hydrogen) atoms. The van der Waals surface area contributed by atoms with Crippen LogP contribution in [0.5, 0.6) is 0 Å². The highest BCUT2D eigenvalue weighted by molar-refractivity contribution is 7.86. The number of hydrazine groups is 1. The molecule has 0 aliphatic heterocycles. The Bertz CT molecular complexity index is 2640. The molecule has 20 nitrogen and oxygen atoms in total. The molecule has 3 aromatic rings. The van der Waals surface area contributed by atoms with Gasteiger partial charge in [-0.1, -0.05) is 88.7 Å². The van der Waals surface area contributed by atoms with Crippen LogP contribution in [0, 0.1) is 34.5 Å². The number of hydrogen-bond donors (Lipinski definition) is 9. The van der Waals surface area contributed by atoms with E-state index in [0.29, 0.717) is 69.2 Å². The van der Waals surface area contributed by atoms with Crippen molar-refractivity contribution in [1.82, 2.24) is 37.0 Å². The first kappa shape index (κ1) is 60.9. The number of halogens is 1. The highest BCUT2D eigenvalue weighted by atomic mass is 32.3. The summed E-state index contributed by atoms with van der Waals surface area (Å²) in [5, 5.41) is 45.7. The second-order valence-electron chi connectivity index (χ2n) is 21.3. The fraction of sp³-hybridized carbons (Fsp3) is 0.547. The third kappa shape index (κ3) is 18.9. The van der Waals surface area contributed by atoms with E-state index in [2.05, 4.69) is 32.0 Å². The van der Waals surface area contributed by atoms with Crippen LogP contribution in [0.1, 0.15) is 110 Å². The molecule has 1 saturated carbocycles. The van der Waals surface area contributed by atoms with Gasteiger partial charge < -0.3 is 41.9 Å². The Morgan fingerprint density at radius 2 is 1.43 bits per heavy atom. The van der Waals surface area contributed by atoms with Crippen molar-refractivity contribution in [2.24, 2.45) is 34.5 Å². The second-order valence-corrected chi connectivity index (χ2v) is 22.6. The number of benzene rings is 3. The number of fused-ring (bicyclic) bond motifs is 1. The van der Waals surface area contributed by atoms with Gasteiger partial charge in [-0.25, -0.2) is 14.4 Å². The van der Waals surface area contributed by atoms with Crippen LogP contribution in [0.25, 0.3) is 10.8 Å². The molecule has 1 fully saturated rings. The first-order chi connectivity index (χ1) is 35.1. The van der Waals surface area contributed by atoms with E-state index in [1.165, 1.54) is 46.9 Å². The Hall–Kier alpha value is -6.68. The fourth-order valence-electron chi connectivity index (χ4n) is 9.63. The van der Waals surface area contributed by atoms with Crippen molar-refractivity contribution in [2.45, 2.75) is 135 Å². The lowest BCUT2D eigenvalue weighted by molar-refractivity contribution is -0.151. The molecule has 4 atom stereocenters. The van der Waals surface area contributed by atoms with Crippen molar-refractivity contribution in [1.29, 1.82) is 0 Å². The standard InChI is InChI=1S/C53H74FN7O13S/c1-32(2)40(17-10-11-26-55-42(62)25-21-33-13-12-16-39(28-33)75(54,73)74)46(64)56-30-34-18-23-37(24-19-34)45(63)57-41(29-35-20-22-36-14-8-9-15-38(36)27-35)47(65)60-61(7)44(49(68)69)59-51(72)58-43(48(66)67)52(3,4)31-53(5,6)50(70)71/h8-9,12-16,20,22,27-28,32,34,37,40-41,43-44H,10-11,17-19,21,23-26,29-31H2,1-7H3,(H,55,62)(H,56,64)(H,57,63)(H,60,65)(H,66,67)(H,68,69)(H,70,71)(H2,58,59,72). The summed E-state index contributed by atoms with van der Waals surface area (Å²) >= 11 is 0. The summed E-state index contributed by atoms with van der Waals surface area (Å²) in [5.74, 6) is -6.38. The molecule has 4 unspecified atom stereocenters. The largest absolute Gasteiger partial charge is 0.481 e. The van der Waals surface area contributed by atoms with Gasteiger partial charge in [-0.3, -0.25) is 29.4 Å². The summed E-state index contributed by atoms with van der Waals surface area (Å²) in [5.41, 5.74) is 0.989. The van der Waals surface area contributed by atoms with Gasteiger partial charge in [0.1, 0.15) is 12.1 Å². The topological polar surface area (TPSA) is 307 Å². The number of nitrogens with one attached hydrogen (secondary N) is 6. The summed E-state index contributed by atoms with van der Waals surface area (Å²) in [7, 11) is -3.67. The average molecular weight is 1070 g/mol. The number of nitrogens with zero attached hydrogens (tertiary/aromatic N) is 1. The highest BCUT2D eigenvalue weighted by Gasteiger charge is 2.44. The number of rotatable bonds is 28. The zero-order chi connectivity index (χ0) is 55.8. The van der Waals surface area contributed by atoms with Crippen LogP contribution < -0.4 is 32.0 Å². The number of unbranched alkanes of at least 4 members (excludes halogenated alkanes) is 1. The first-order valence-corrected chi connectivity index (χ1v) is 26.6. The monoisotopic (exact) mass is 1070 g/mol. The van der Waals surface area contributed by atoms with Gasteiger partial charge in [0.15, 0.2) is 6.17 Å². The van der Waals surface area contributed by atoms with Gasteiger partial charge in [0.2, 0.25) is 17.7 Å². The minimum Gasteiger partial charge on any atom is -0.481 e. The lowest BCUT2D eigenvalue weighted by Crippen LogP contribution is -2.63. The zero-order valence-electron chi connectivity index (χ0n) is 43.7. The Morgan fingerprint density at radius 3 is 2.04 bits per heavy atom. The zero-order valence-corrected chi connectivity index (χ0v) is 44.6. The maximum Gasteiger partial charge on any atom is 0.343 e. The molecule has 0 saturated heterocycles. The molecule has 3 aromatic carbocycles. The van der Waals surface area contributed by atoms with E-state index < -0.39 is 80.0 Å². The van der Waals surface area contributed by atoms with Crippen LogP contribution >= 0.6 is 0 Å². The molecule has 1 aliphatic carbocycles. The Morgan fingerprint density at radius 1 is 0.760 bits per heavy atom. The van der Waals surface area contributed by atoms with Gasteiger partial charge in [-0.05, 0) is 116 Å². The maximum atomic E-state index is 14.1. The summed E-state index contributed by atoms with van der Waals surface area (Å²) in [6, 6.07) is 14.5. The van der Waals surface area contributed by atoms with Crippen LogP contribution in [0.2, 0.25) is 0 Å². The SMILES string of the molecule is CC(C)C(CCCCNC(=O)CCc1cccc(S(=O)(=O)F)c1)C(=O)NCC1CCC(C(=O)NC(Cc2ccc3ccccc3c2)C(=O)NN(C)C(NC(=O)NC(C(=O)O)C(C)(C)CC(C)(C)C(=O)O)C(=O)O)CC1. The Balaban J connectivity index is 1.31. The first-order valence-electron chi connectivity index (χ1n) is 25.2. The number of urea groups is 1. The number of hydrogen-bond acceptors (Lipinski definition) is 11. The summed E-state index contributed by atoms with van der Waals surface area (Å²) in [6.45, 7) is 10.5. The van der Waals surface area contributed by atoms with Gasteiger partial charge in [0, 0.05) is 44.8 Å². The fourth-order valence-corrected chi connectivity index (χ4v) is 10.2. The number of aryl methyl sites for hydroxylation is 1. The van der Waals surface area contributed by atoms with Gasteiger partial charge in [-0.15, -0.1) is 3.89 Å². The quantitative estimate of drug-likeness (QED) is 0.0193. The van der Waals surface area contributed by atoms with Crippen molar-refractivity contribution in [3.05, 3.63) is 77.9 Å². The number of likely N-dealkylation sites (N-methyl/N-ethyl adjacent to an activating group) is 1. The minimum absolute atomic E-state index is 0.00713. The molecule has 22 heteroatoms. The predicted molar refractivity (Wildman–Crippen MR) is 277 cm³/mol. The number of carboxylic acid groups (broad SMARTS) is 3. The number of carbonyl (C=O) groups is 8. The van der Waals surface area contributed by atoms with Crippen molar-refractivity contribution >= 4 is 68.6 Å². The molecule has 6 amide bonds. The molecule has 9 N–H and O–H groups in total. The van der Waals surface area contributed by atoms with E-state index in [-0.39, 0.29) is 61.2 Å². The number of carbonyl (C=O) groups excluding carboxylic acids is 5. The van der Waals surface area contributed by atoms with Crippen LogP contribution in [0.4, 0.5) is 8.68 Å². The van der Waals surface area contributed by atoms with E-state index in [9.17, 15) is 66.0 Å². The van der Waals surface area contributed by atoms with Crippen LogP contribution in [0.15, 0.2) is 71.6 Å². The summed E-state index contributed by atoms with van der Waals surface area (Å²) in [4.78, 5) is 103. The molecule has 0 radical (unpaired) electrons. The normalized spacial score (nSPS) is 16.7. The van der Waals surface area contributed by atoms with Gasteiger partial charge in [-0.2, -0.15) is 13.4 Å². The predicted octanol–water partition coefficient (Wildman–Crippen LogP) is 5.29. The molecule has 0 bridgehead atoms. The number of aliphatic carboxylic acids is 3. The van der Waals surface area contributed by atoms with Gasteiger partial charge >= 0.3 is 34.2 Å². The average Bonchev–Trinajstić information content (AvgIpc) is 3.33. The molecule has 412 valence electrons. The maximum absolute atomic E-state index is 14.1. The molecule has 0 aromatic heterocycles. The van der Waals surface area contributed by atoms with Gasteiger partial charge in [0.25, 0.3) is 5.91 Å². The Labute approximate surface area is 437 Å². The third-order valence-electron chi connectivity index (χ3n) is 13.9. The van der Waals surface area contributed by atoms with E-state index in [1.807, 2.05) is 56.3 Å². The lowest BCUT2D eigenvalue weighted by atomic mass is 9.71. The number of amides is 6. The smallest absolute Gasteiger partial charge is 0.343 e. The van der Waals surface area contributed by atoms with E-state index in [1.54, 1.807) is 6.07 Å². The van der Waals surface area contributed by atoms with E-state index in [4.69, 9.17) is 0 Å². The molecular formula is C53H74FN7O13S. The molecule has 0 heterocycles. The van der Waals surface area contributed by atoms with Crippen LogP contribution in [0.3, 0.4) is 0 Å². The Kier molecular flexibility index (Phi) is 22.1. The highest BCUT2D eigenvalue weighted by Crippen LogP contribution is 2.37. The molecule has 0 spiro atoms. The molecular weight excluding hydrogens is 994 g/mol. The van der Waals surface area contributed by atoms with Crippen molar-refractivity contribution < 1.29 is 66.0 Å². The molecule has 1 aliphatic rings. The van der Waals surface area contributed by atoms with Crippen molar-refractivity contribution in [2.75, 3.05) is 20.1 Å². The van der Waals surface area contributed by atoms with Crippen LogP contribution in [-0.4, -0.2) is 115 Å². The van der Waals surface area contributed by atoms with Gasteiger partial charge in [0.05, 0.1) is 10.3 Å². The van der Waals surface area contributed by atoms with Crippen molar-refractivity contribution in [3.63, 3.8) is 0 Å². The van der Waals surface area contributed by atoms with Crippen LogP contribution in [-0.2, 0) is 56.6 Å².